The van der Waals surface area contributed by atoms with E-state index in [2.05, 4.69) is 5.32 Å². The van der Waals surface area contributed by atoms with Gasteiger partial charge in [-0.05, 0) is 17.5 Å². The van der Waals surface area contributed by atoms with Gasteiger partial charge in [0.15, 0.2) is 5.75 Å². The predicted octanol–water partition coefficient (Wildman–Crippen LogP) is 2.61. The number of ether oxygens (including phenoxy) is 1. The molecular formula is C15H14N2O6S. The average molecular weight is 350 g/mol. The van der Waals surface area contributed by atoms with Crippen LogP contribution in [0.25, 0.3) is 0 Å². The standard InChI is InChI=1S/C15H14N2O6S/c1-23-12-7-9(4-5-11(12)17(21)22)15(20)16-10(8-14(18)19)13-3-2-6-24-13/h2-7,10H,8H2,1H3,(H,16,20)(H,18,19)/t10-/m1/s1. The molecule has 0 unspecified atom stereocenters. The van der Waals surface area contributed by atoms with Crippen molar-refractivity contribution in [2.24, 2.45) is 0 Å². The summed E-state index contributed by atoms with van der Waals surface area (Å²) < 4.78 is 4.93. The van der Waals surface area contributed by atoms with Crippen molar-refractivity contribution >= 4 is 28.9 Å². The Hall–Kier alpha value is -2.94. The van der Waals surface area contributed by atoms with Crippen LogP contribution in [0.2, 0.25) is 0 Å². The van der Waals surface area contributed by atoms with Crippen LogP contribution in [0.5, 0.6) is 5.75 Å². The van der Waals surface area contributed by atoms with E-state index in [0.717, 1.165) is 0 Å². The van der Waals surface area contributed by atoms with Gasteiger partial charge in [-0.2, -0.15) is 0 Å². The first kappa shape index (κ1) is 17.4. The first-order valence-corrected chi connectivity index (χ1v) is 7.68. The summed E-state index contributed by atoms with van der Waals surface area (Å²) in [7, 11) is 1.27. The second-order valence-corrected chi connectivity index (χ2v) is 5.76. The summed E-state index contributed by atoms with van der Waals surface area (Å²) in [5.41, 5.74) is -0.112. The van der Waals surface area contributed by atoms with Gasteiger partial charge in [-0.15, -0.1) is 11.3 Å². The number of carboxylic acids is 1. The van der Waals surface area contributed by atoms with Crippen LogP contribution >= 0.6 is 11.3 Å². The van der Waals surface area contributed by atoms with Crippen LogP contribution in [0.4, 0.5) is 5.69 Å². The number of rotatable bonds is 7. The summed E-state index contributed by atoms with van der Waals surface area (Å²) in [5, 5.41) is 24.3. The van der Waals surface area contributed by atoms with E-state index in [1.165, 1.54) is 36.6 Å². The van der Waals surface area contributed by atoms with Crippen molar-refractivity contribution < 1.29 is 24.4 Å². The monoisotopic (exact) mass is 350 g/mol. The molecule has 9 heteroatoms. The highest BCUT2D eigenvalue weighted by Gasteiger charge is 2.22. The molecular weight excluding hydrogens is 336 g/mol. The second-order valence-electron chi connectivity index (χ2n) is 4.78. The Balaban J connectivity index is 2.24. The van der Waals surface area contributed by atoms with Crippen molar-refractivity contribution in [1.82, 2.24) is 5.32 Å². The number of carboxylic acid groups (broad SMARTS) is 1. The van der Waals surface area contributed by atoms with Crippen molar-refractivity contribution in [2.45, 2.75) is 12.5 Å². The lowest BCUT2D eigenvalue weighted by Gasteiger charge is -2.16. The van der Waals surface area contributed by atoms with Gasteiger partial charge in [0.2, 0.25) is 0 Å². The van der Waals surface area contributed by atoms with Gasteiger partial charge < -0.3 is 15.2 Å². The van der Waals surface area contributed by atoms with Gasteiger partial charge in [0.25, 0.3) is 5.91 Å². The maximum absolute atomic E-state index is 12.4. The SMILES string of the molecule is COc1cc(C(=O)N[C@H](CC(=O)O)c2cccs2)ccc1[N+](=O)[O-]. The Morgan fingerprint density at radius 3 is 2.71 bits per heavy atom. The highest BCUT2D eigenvalue weighted by atomic mass is 32.1. The summed E-state index contributed by atoms with van der Waals surface area (Å²) in [5.74, 6) is -1.63. The quantitative estimate of drug-likeness (QED) is 0.585. The molecule has 0 aliphatic carbocycles. The molecule has 1 aromatic heterocycles. The maximum Gasteiger partial charge on any atom is 0.310 e. The predicted molar refractivity (Wildman–Crippen MR) is 86.4 cm³/mol. The number of hydrogen-bond acceptors (Lipinski definition) is 6. The number of nitrogens with zero attached hydrogens (tertiary/aromatic N) is 1. The maximum atomic E-state index is 12.4. The Morgan fingerprint density at radius 2 is 2.17 bits per heavy atom. The number of carbonyl (C=O) groups is 2. The molecule has 0 aliphatic rings. The van der Waals surface area contributed by atoms with Gasteiger partial charge in [0, 0.05) is 22.6 Å². The van der Waals surface area contributed by atoms with Gasteiger partial charge in [-0.3, -0.25) is 19.7 Å². The third kappa shape index (κ3) is 4.07. The molecule has 0 radical (unpaired) electrons. The molecule has 0 saturated carbocycles. The van der Waals surface area contributed by atoms with E-state index in [-0.39, 0.29) is 23.4 Å². The lowest BCUT2D eigenvalue weighted by molar-refractivity contribution is -0.385. The van der Waals surface area contributed by atoms with Crippen LogP contribution in [0.15, 0.2) is 35.7 Å². The number of hydrogen-bond donors (Lipinski definition) is 2. The number of nitro benzene ring substituents is 1. The van der Waals surface area contributed by atoms with Crippen LogP contribution in [-0.4, -0.2) is 29.0 Å². The lowest BCUT2D eigenvalue weighted by atomic mass is 10.1. The van der Waals surface area contributed by atoms with Gasteiger partial charge >= 0.3 is 11.7 Å². The summed E-state index contributed by atoms with van der Waals surface area (Å²) in [6, 6.07) is 6.52. The van der Waals surface area contributed by atoms with Crippen LogP contribution in [0.1, 0.15) is 27.7 Å². The zero-order valence-electron chi connectivity index (χ0n) is 12.6. The fraction of sp³-hybridized carbons (Fsp3) is 0.200. The van der Waals surface area contributed by atoms with Gasteiger partial charge in [-0.1, -0.05) is 6.07 Å². The van der Waals surface area contributed by atoms with E-state index in [4.69, 9.17) is 9.84 Å². The molecule has 1 amide bonds. The Labute approximate surface area is 140 Å². The minimum atomic E-state index is -1.05. The molecule has 2 rings (SSSR count). The fourth-order valence-corrected chi connectivity index (χ4v) is 2.88. The number of methoxy groups -OCH3 is 1. The van der Waals surface area contributed by atoms with E-state index < -0.39 is 22.8 Å². The van der Waals surface area contributed by atoms with Crippen LogP contribution in [0, 0.1) is 10.1 Å². The fourth-order valence-electron chi connectivity index (χ4n) is 2.10. The van der Waals surface area contributed by atoms with Crippen molar-refractivity contribution in [3.05, 3.63) is 56.3 Å². The average Bonchev–Trinajstić information content (AvgIpc) is 3.07. The summed E-state index contributed by atoms with van der Waals surface area (Å²) in [6.07, 6.45) is -0.267. The van der Waals surface area contributed by atoms with Crippen molar-refractivity contribution in [1.29, 1.82) is 0 Å². The number of benzene rings is 1. The van der Waals surface area contributed by atoms with Gasteiger partial charge in [0.1, 0.15) is 0 Å². The Bertz CT molecular complexity index is 759. The molecule has 0 saturated heterocycles. The molecule has 0 spiro atoms. The minimum Gasteiger partial charge on any atom is -0.490 e. The molecule has 126 valence electrons. The van der Waals surface area contributed by atoms with Crippen LogP contribution in [-0.2, 0) is 4.79 Å². The third-order valence-electron chi connectivity index (χ3n) is 3.21. The first-order chi connectivity index (χ1) is 11.4. The summed E-state index contributed by atoms with van der Waals surface area (Å²) in [6.45, 7) is 0. The van der Waals surface area contributed by atoms with Crippen molar-refractivity contribution in [2.75, 3.05) is 7.11 Å². The zero-order valence-corrected chi connectivity index (χ0v) is 13.4. The normalized spacial score (nSPS) is 11.5. The number of amides is 1. The Morgan fingerprint density at radius 1 is 1.42 bits per heavy atom. The topological polar surface area (TPSA) is 119 Å². The van der Waals surface area contributed by atoms with E-state index in [1.807, 2.05) is 0 Å². The summed E-state index contributed by atoms with van der Waals surface area (Å²) >= 11 is 1.33. The largest absolute Gasteiger partial charge is 0.490 e. The van der Waals surface area contributed by atoms with Gasteiger partial charge in [-0.25, -0.2) is 0 Å². The second kappa shape index (κ2) is 7.55. The van der Waals surface area contributed by atoms with Crippen LogP contribution < -0.4 is 10.1 Å². The molecule has 0 bridgehead atoms. The lowest BCUT2D eigenvalue weighted by Crippen LogP contribution is -2.29. The molecule has 0 fully saturated rings. The molecule has 1 aromatic carbocycles. The highest BCUT2D eigenvalue weighted by Crippen LogP contribution is 2.28. The molecule has 2 aromatic rings. The van der Waals surface area contributed by atoms with Crippen molar-refractivity contribution in [3.8, 4) is 5.75 Å². The Kier molecular flexibility index (Phi) is 5.48. The molecule has 0 aliphatic heterocycles. The van der Waals surface area contributed by atoms with E-state index in [9.17, 15) is 19.7 Å². The van der Waals surface area contributed by atoms with E-state index >= 15 is 0 Å². The molecule has 1 heterocycles. The number of thiophene rings is 1. The molecule has 8 nitrogen and oxygen atoms in total. The third-order valence-corrected chi connectivity index (χ3v) is 4.20. The summed E-state index contributed by atoms with van der Waals surface area (Å²) in [4.78, 5) is 34.3. The number of aliphatic carboxylic acids is 1. The number of nitrogens with one attached hydrogen (secondary N) is 1. The van der Waals surface area contributed by atoms with E-state index in [1.54, 1.807) is 17.5 Å². The molecule has 24 heavy (non-hydrogen) atoms. The van der Waals surface area contributed by atoms with Crippen molar-refractivity contribution in [3.63, 3.8) is 0 Å². The highest BCUT2D eigenvalue weighted by molar-refractivity contribution is 7.10. The zero-order chi connectivity index (χ0) is 17.7. The van der Waals surface area contributed by atoms with E-state index in [0.29, 0.717) is 4.88 Å². The van der Waals surface area contributed by atoms with Gasteiger partial charge in [0.05, 0.1) is 24.5 Å². The molecule has 2 N–H and O–H groups in total. The minimum absolute atomic E-state index is 0.0430. The smallest absolute Gasteiger partial charge is 0.310 e. The molecule has 1 atom stereocenters. The van der Waals surface area contributed by atoms with Crippen LogP contribution in [0.3, 0.4) is 0 Å². The number of carbonyl (C=O) groups excluding carboxylic acids is 1. The number of nitro groups is 1. The first-order valence-electron chi connectivity index (χ1n) is 6.81.